The van der Waals surface area contributed by atoms with Crippen LogP contribution in [-0.4, -0.2) is 44.4 Å². The fraction of sp³-hybridized carbons (Fsp3) is 0.522. The summed E-state index contributed by atoms with van der Waals surface area (Å²) in [6.45, 7) is 7.78. The molecule has 2 aliphatic rings. The first-order valence-corrected chi connectivity index (χ1v) is 11.0. The fourth-order valence-corrected chi connectivity index (χ4v) is 4.65. The molecule has 162 valence electrons. The van der Waals surface area contributed by atoms with Crippen molar-refractivity contribution in [3.63, 3.8) is 0 Å². The normalized spacial score (nSPS) is 24.2. The van der Waals surface area contributed by atoms with Gasteiger partial charge in [0.25, 0.3) is 0 Å². The van der Waals surface area contributed by atoms with Crippen molar-refractivity contribution in [1.29, 1.82) is 0 Å². The molecule has 2 aliphatic heterocycles. The Hall–Kier alpha value is -2.21. The molecule has 7 heteroatoms. The molecule has 2 fully saturated rings. The average Bonchev–Trinajstić information content (AvgIpc) is 3.16. The molecule has 0 aliphatic carbocycles. The van der Waals surface area contributed by atoms with E-state index in [1.54, 1.807) is 13.3 Å². The zero-order chi connectivity index (χ0) is 21.3. The summed E-state index contributed by atoms with van der Waals surface area (Å²) in [6, 6.07) is 7.14. The second-order valence-electron chi connectivity index (χ2n) is 8.50. The van der Waals surface area contributed by atoms with Gasteiger partial charge in [0.2, 0.25) is 5.88 Å². The van der Waals surface area contributed by atoms with Crippen molar-refractivity contribution in [3.8, 4) is 11.6 Å². The highest BCUT2D eigenvalue weighted by Gasteiger charge is 2.29. The summed E-state index contributed by atoms with van der Waals surface area (Å²) in [5.41, 5.74) is 1.60. The Morgan fingerprint density at radius 2 is 1.83 bits per heavy atom. The van der Waals surface area contributed by atoms with Crippen molar-refractivity contribution in [2.45, 2.75) is 32.8 Å². The van der Waals surface area contributed by atoms with Crippen LogP contribution in [0.4, 0.5) is 15.8 Å². The number of ether oxygens (including phenoxy) is 2. The number of hydrogen-bond donors (Lipinski definition) is 0. The molecule has 0 amide bonds. The number of pyridine rings is 1. The molecule has 5 nitrogen and oxygen atoms in total. The first kappa shape index (κ1) is 21.0. The number of benzene rings is 1. The smallest absolute Gasteiger partial charge is 0.215 e. The predicted octanol–water partition coefficient (Wildman–Crippen LogP) is 5.02. The first-order chi connectivity index (χ1) is 14.4. The van der Waals surface area contributed by atoms with Gasteiger partial charge < -0.3 is 19.3 Å². The van der Waals surface area contributed by atoms with Gasteiger partial charge >= 0.3 is 0 Å². The zero-order valence-corrected chi connectivity index (χ0v) is 18.5. The molecule has 1 aromatic carbocycles. The maximum Gasteiger partial charge on any atom is 0.215 e. The number of anilines is 2. The zero-order valence-electron chi connectivity index (χ0n) is 17.8. The molecule has 0 radical (unpaired) electrons. The van der Waals surface area contributed by atoms with Gasteiger partial charge in [0, 0.05) is 50.7 Å². The summed E-state index contributed by atoms with van der Waals surface area (Å²) >= 11 is 6.36. The van der Waals surface area contributed by atoms with E-state index in [0.29, 0.717) is 28.3 Å². The van der Waals surface area contributed by atoms with Crippen molar-refractivity contribution in [1.82, 2.24) is 4.98 Å². The average molecular weight is 434 g/mol. The molecule has 4 rings (SSSR count). The van der Waals surface area contributed by atoms with Crippen molar-refractivity contribution >= 4 is 23.0 Å². The molecule has 2 saturated heterocycles. The molecule has 3 atom stereocenters. The molecular formula is C23H29ClFN3O2. The predicted molar refractivity (Wildman–Crippen MR) is 119 cm³/mol. The second-order valence-corrected chi connectivity index (χ2v) is 8.91. The van der Waals surface area contributed by atoms with Crippen LogP contribution in [0.5, 0.6) is 11.6 Å². The van der Waals surface area contributed by atoms with E-state index < -0.39 is 0 Å². The molecule has 2 aromatic rings. The molecule has 0 N–H and O–H groups in total. The van der Waals surface area contributed by atoms with Crippen LogP contribution in [-0.2, 0) is 0 Å². The number of nitrogens with zero attached hydrogens (tertiary/aromatic N) is 3. The Morgan fingerprint density at radius 1 is 1.07 bits per heavy atom. The number of aromatic nitrogens is 1. The Bertz CT molecular complexity index is 897. The Kier molecular flexibility index (Phi) is 6.23. The van der Waals surface area contributed by atoms with Crippen LogP contribution in [0.25, 0.3) is 0 Å². The summed E-state index contributed by atoms with van der Waals surface area (Å²) in [5.74, 6) is 1.81. The summed E-state index contributed by atoms with van der Waals surface area (Å²) in [6.07, 6.45) is 3.59. The van der Waals surface area contributed by atoms with Crippen LogP contribution in [0.2, 0.25) is 5.02 Å². The number of methoxy groups -OCH3 is 1. The summed E-state index contributed by atoms with van der Waals surface area (Å²) < 4.78 is 26.1. The van der Waals surface area contributed by atoms with Gasteiger partial charge in [-0.25, -0.2) is 9.37 Å². The molecular weight excluding hydrogens is 405 g/mol. The van der Waals surface area contributed by atoms with Gasteiger partial charge in [0.1, 0.15) is 17.7 Å². The third-order valence-corrected chi connectivity index (χ3v) is 6.45. The van der Waals surface area contributed by atoms with E-state index in [2.05, 4.69) is 28.6 Å². The molecule has 2 unspecified atom stereocenters. The van der Waals surface area contributed by atoms with Gasteiger partial charge in [-0.15, -0.1) is 0 Å². The van der Waals surface area contributed by atoms with E-state index in [4.69, 9.17) is 21.1 Å². The number of halogens is 2. The van der Waals surface area contributed by atoms with Crippen LogP contribution in [0.15, 0.2) is 30.5 Å². The second kappa shape index (κ2) is 8.88. The van der Waals surface area contributed by atoms with E-state index in [0.717, 1.165) is 44.7 Å². The SMILES string of the molecule is COc1cc(N2CCC(Oc3ccc(N4CC[C@@H](C)C4)c(F)c3)C(C)C2)c(Cl)cn1. The molecule has 3 heterocycles. The van der Waals surface area contributed by atoms with Crippen LogP contribution >= 0.6 is 11.6 Å². The van der Waals surface area contributed by atoms with Gasteiger partial charge in [-0.3, -0.25) is 0 Å². The Balaban J connectivity index is 1.40. The van der Waals surface area contributed by atoms with E-state index in [1.165, 1.54) is 6.07 Å². The summed E-state index contributed by atoms with van der Waals surface area (Å²) in [5, 5.41) is 0.608. The third-order valence-electron chi connectivity index (χ3n) is 6.16. The van der Waals surface area contributed by atoms with E-state index in [-0.39, 0.29) is 17.8 Å². The Labute approximate surface area is 182 Å². The molecule has 30 heavy (non-hydrogen) atoms. The monoisotopic (exact) mass is 433 g/mol. The van der Waals surface area contributed by atoms with Gasteiger partial charge in [-0.05, 0) is 24.5 Å². The van der Waals surface area contributed by atoms with Crippen LogP contribution in [0.1, 0.15) is 26.7 Å². The minimum atomic E-state index is -0.206. The molecule has 0 saturated carbocycles. The third kappa shape index (κ3) is 4.43. The van der Waals surface area contributed by atoms with E-state index in [1.807, 2.05) is 18.2 Å². The van der Waals surface area contributed by atoms with E-state index in [9.17, 15) is 4.39 Å². The lowest BCUT2D eigenvalue weighted by Crippen LogP contribution is -2.44. The van der Waals surface area contributed by atoms with Gasteiger partial charge in [0.05, 0.1) is 29.7 Å². The van der Waals surface area contributed by atoms with Crippen LogP contribution < -0.4 is 19.3 Å². The standard InChI is InChI=1S/C23H29ClFN3O2/c1-15-6-8-27(13-15)20-5-4-17(10-19(20)25)30-22-7-9-28(14-16(22)2)21-11-23(29-3)26-12-18(21)24/h4-5,10-12,15-16,22H,6-9,13-14H2,1-3H3/t15-,16?,22?/m1/s1. The lowest BCUT2D eigenvalue weighted by Gasteiger charge is -2.38. The van der Waals surface area contributed by atoms with Crippen LogP contribution in [0.3, 0.4) is 0 Å². The maximum absolute atomic E-state index is 14.7. The van der Waals surface area contributed by atoms with Crippen molar-refractivity contribution in [2.24, 2.45) is 11.8 Å². The van der Waals surface area contributed by atoms with Crippen molar-refractivity contribution in [2.75, 3.05) is 43.1 Å². The van der Waals surface area contributed by atoms with Crippen LogP contribution in [0, 0.1) is 17.7 Å². The maximum atomic E-state index is 14.7. The fourth-order valence-electron chi connectivity index (χ4n) is 4.43. The molecule has 1 aromatic heterocycles. The number of rotatable bonds is 5. The largest absolute Gasteiger partial charge is 0.490 e. The van der Waals surface area contributed by atoms with Crippen molar-refractivity contribution < 1.29 is 13.9 Å². The van der Waals surface area contributed by atoms with Gasteiger partial charge in [-0.2, -0.15) is 0 Å². The Morgan fingerprint density at radius 3 is 2.50 bits per heavy atom. The summed E-state index contributed by atoms with van der Waals surface area (Å²) in [7, 11) is 1.59. The van der Waals surface area contributed by atoms with Crippen molar-refractivity contribution in [3.05, 3.63) is 41.3 Å². The minimum Gasteiger partial charge on any atom is -0.490 e. The summed E-state index contributed by atoms with van der Waals surface area (Å²) in [4.78, 5) is 8.50. The number of hydrogen-bond acceptors (Lipinski definition) is 5. The minimum absolute atomic E-state index is 0.0285. The number of piperidine rings is 1. The first-order valence-electron chi connectivity index (χ1n) is 10.6. The lowest BCUT2D eigenvalue weighted by atomic mass is 9.96. The highest BCUT2D eigenvalue weighted by molar-refractivity contribution is 6.33. The highest BCUT2D eigenvalue weighted by Crippen LogP contribution is 2.34. The molecule has 0 spiro atoms. The lowest BCUT2D eigenvalue weighted by molar-refractivity contribution is 0.121. The van der Waals surface area contributed by atoms with Gasteiger partial charge in [0.15, 0.2) is 0 Å². The topological polar surface area (TPSA) is 37.8 Å². The van der Waals surface area contributed by atoms with Gasteiger partial charge in [-0.1, -0.05) is 25.4 Å². The van der Waals surface area contributed by atoms with E-state index >= 15 is 0 Å². The quantitative estimate of drug-likeness (QED) is 0.661. The highest BCUT2D eigenvalue weighted by atomic mass is 35.5. The molecule has 0 bridgehead atoms.